The first-order valence-corrected chi connectivity index (χ1v) is 4.03. The van der Waals surface area contributed by atoms with Gasteiger partial charge in [0.1, 0.15) is 5.78 Å². The zero-order valence-corrected chi connectivity index (χ0v) is 8.65. The third-order valence-electron chi connectivity index (χ3n) is 1.47. The smallest absolute Gasteiger partial charge is 0.231 e. The van der Waals surface area contributed by atoms with E-state index in [2.05, 4.69) is 5.32 Å². The largest absolute Gasteiger partial charge is 0.326 e. The number of ketones is 1. The number of nitrogens with one attached hydrogen (secondary N) is 1. The van der Waals surface area contributed by atoms with Crippen molar-refractivity contribution >= 4 is 17.4 Å². The molecule has 0 unspecified atom stereocenters. The summed E-state index contributed by atoms with van der Waals surface area (Å²) < 4.78 is 0. The molecule has 1 rings (SSSR count). The molecule has 1 aromatic rings. The van der Waals surface area contributed by atoms with Gasteiger partial charge in [-0.25, -0.2) is 0 Å². The molecule has 0 fully saturated rings. The Morgan fingerprint density at radius 1 is 1.21 bits per heavy atom. The van der Waals surface area contributed by atoms with E-state index in [1.54, 1.807) is 12.1 Å². The van der Waals surface area contributed by atoms with E-state index in [1.807, 2.05) is 18.2 Å². The third-order valence-corrected chi connectivity index (χ3v) is 1.47. The van der Waals surface area contributed by atoms with Crippen LogP contribution in [0.1, 0.15) is 13.3 Å². The molecule has 0 aliphatic carbocycles. The van der Waals surface area contributed by atoms with Crippen LogP contribution in [0.3, 0.4) is 0 Å². The molecule has 1 N–H and O–H groups in total. The van der Waals surface area contributed by atoms with Crippen LogP contribution >= 0.6 is 0 Å². The molecule has 0 saturated heterocycles. The van der Waals surface area contributed by atoms with Gasteiger partial charge in [0.15, 0.2) is 0 Å². The molecule has 1 amide bonds. The first-order valence-electron chi connectivity index (χ1n) is 4.03. The molecule has 0 aromatic heterocycles. The van der Waals surface area contributed by atoms with Crippen LogP contribution in [0.4, 0.5) is 5.69 Å². The SMILES string of the molecule is CC(=O)CC(=O)Nc1ccccc1.[Cu]. The number of carbonyl (C=O) groups excluding carboxylic acids is 2. The summed E-state index contributed by atoms with van der Waals surface area (Å²) in [5.41, 5.74) is 0.716. The van der Waals surface area contributed by atoms with Crippen molar-refractivity contribution in [1.29, 1.82) is 0 Å². The van der Waals surface area contributed by atoms with Crippen molar-refractivity contribution in [2.24, 2.45) is 0 Å². The topological polar surface area (TPSA) is 46.2 Å². The summed E-state index contributed by atoms with van der Waals surface area (Å²) in [5, 5.41) is 2.61. The first-order chi connectivity index (χ1) is 6.18. The normalized spacial score (nSPS) is 8.64. The minimum Gasteiger partial charge on any atom is -0.326 e. The van der Waals surface area contributed by atoms with E-state index < -0.39 is 0 Å². The van der Waals surface area contributed by atoms with E-state index in [4.69, 9.17) is 0 Å². The Morgan fingerprint density at radius 3 is 2.29 bits per heavy atom. The fourth-order valence-electron chi connectivity index (χ4n) is 0.953. The Labute approximate surface area is 93.4 Å². The standard InChI is InChI=1S/C10H11NO2.Cu/c1-8(12)7-10(13)11-9-5-3-2-4-6-9;/h2-6H,7H2,1H3,(H,11,13);. The van der Waals surface area contributed by atoms with Crippen LogP contribution in [-0.4, -0.2) is 11.7 Å². The van der Waals surface area contributed by atoms with E-state index in [0.717, 1.165) is 0 Å². The van der Waals surface area contributed by atoms with E-state index in [-0.39, 0.29) is 35.2 Å². The van der Waals surface area contributed by atoms with Crippen molar-refractivity contribution < 1.29 is 26.7 Å². The van der Waals surface area contributed by atoms with Crippen LogP contribution in [0.2, 0.25) is 0 Å². The molecule has 0 spiro atoms. The van der Waals surface area contributed by atoms with Crippen LogP contribution in [0.15, 0.2) is 30.3 Å². The van der Waals surface area contributed by atoms with Gasteiger partial charge in [-0.15, -0.1) is 0 Å². The first kappa shape index (κ1) is 12.9. The van der Waals surface area contributed by atoms with Crippen molar-refractivity contribution in [2.45, 2.75) is 13.3 Å². The van der Waals surface area contributed by atoms with Gasteiger partial charge >= 0.3 is 0 Å². The number of amides is 1. The Hall–Kier alpha value is -1.12. The maximum Gasteiger partial charge on any atom is 0.231 e. The predicted molar refractivity (Wildman–Crippen MR) is 50.4 cm³/mol. The average Bonchev–Trinajstić information content (AvgIpc) is 2.04. The zero-order chi connectivity index (χ0) is 9.68. The molecule has 0 bridgehead atoms. The number of hydrogen-bond donors (Lipinski definition) is 1. The molecule has 0 aliphatic rings. The van der Waals surface area contributed by atoms with Gasteiger partial charge in [-0.2, -0.15) is 0 Å². The summed E-state index contributed by atoms with van der Waals surface area (Å²) >= 11 is 0. The third kappa shape index (κ3) is 4.80. The quantitative estimate of drug-likeness (QED) is 0.645. The van der Waals surface area contributed by atoms with Crippen molar-refractivity contribution in [3.8, 4) is 0 Å². The van der Waals surface area contributed by atoms with Gasteiger partial charge in [0.2, 0.25) is 5.91 Å². The van der Waals surface area contributed by atoms with Crippen LogP contribution in [0, 0.1) is 0 Å². The predicted octanol–water partition coefficient (Wildman–Crippen LogP) is 1.60. The molecule has 0 heterocycles. The number of hydrogen-bond acceptors (Lipinski definition) is 2. The molecule has 4 heteroatoms. The number of rotatable bonds is 3. The second-order valence-corrected chi connectivity index (χ2v) is 2.79. The van der Waals surface area contributed by atoms with E-state index in [9.17, 15) is 9.59 Å². The van der Waals surface area contributed by atoms with Gasteiger partial charge in [-0.05, 0) is 19.1 Å². The molecular weight excluding hydrogens is 230 g/mol. The fourth-order valence-corrected chi connectivity index (χ4v) is 0.953. The van der Waals surface area contributed by atoms with Gasteiger partial charge in [0.05, 0.1) is 6.42 Å². The minimum absolute atomic E-state index is 0. The van der Waals surface area contributed by atoms with Gasteiger partial charge in [-0.3, -0.25) is 9.59 Å². The zero-order valence-electron chi connectivity index (χ0n) is 7.71. The monoisotopic (exact) mass is 240 g/mol. The number of anilines is 1. The van der Waals surface area contributed by atoms with E-state index in [1.165, 1.54) is 6.92 Å². The summed E-state index contributed by atoms with van der Waals surface area (Å²) in [5.74, 6) is -0.396. The van der Waals surface area contributed by atoms with Gasteiger partial charge in [-0.1, -0.05) is 18.2 Å². The molecule has 0 aliphatic heterocycles. The maximum atomic E-state index is 11.1. The number of carbonyl (C=O) groups is 2. The van der Waals surface area contributed by atoms with E-state index >= 15 is 0 Å². The average molecular weight is 241 g/mol. The Bertz CT molecular complexity index is 311. The van der Waals surface area contributed by atoms with Crippen molar-refractivity contribution in [2.75, 3.05) is 5.32 Å². The van der Waals surface area contributed by atoms with Crippen LogP contribution < -0.4 is 5.32 Å². The van der Waals surface area contributed by atoms with Crippen LogP contribution in [-0.2, 0) is 26.7 Å². The number of benzene rings is 1. The van der Waals surface area contributed by atoms with Crippen molar-refractivity contribution in [1.82, 2.24) is 0 Å². The molecule has 0 atom stereocenters. The molecule has 1 radical (unpaired) electrons. The van der Waals surface area contributed by atoms with E-state index in [0.29, 0.717) is 5.69 Å². The van der Waals surface area contributed by atoms with Gasteiger partial charge in [0.25, 0.3) is 0 Å². The number of Topliss-reactive ketones (excluding diaryl/α,β-unsaturated/α-hetero) is 1. The fraction of sp³-hybridized carbons (Fsp3) is 0.200. The summed E-state index contributed by atoms with van der Waals surface area (Å²) in [4.78, 5) is 21.7. The Balaban J connectivity index is 0.00000169. The second-order valence-electron chi connectivity index (χ2n) is 2.79. The Morgan fingerprint density at radius 2 is 1.79 bits per heavy atom. The van der Waals surface area contributed by atoms with Crippen LogP contribution in [0.5, 0.6) is 0 Å². The molecular formula is C10H11CuNO2. The summed E-state index contributed by atoms with van der Waals surface area (Å²) in [7, 11) is 0. The summed E-state index contributed by atoms with van der Waals surface area (Å²) in [6, 6.07) is 9.06. The van der Waals surface area contributed by atoms with Gasteiger partial charge < -0.3 is 5.32 Å². The maximum absolute atomic E-state index is 11.1. The molecule has 14 heavy (non-hydrogen) atoms. The Kier molecular flexibility index (Phi) is 5.84. The molecule has 0 saturated carbocycles. The molecule has 3 nitrogen and oxygen atoms in total. The minimum atomic E-state index is -0.265. The molecule has 79 valence electrons. The second kappa shape index (κ2) is 6.35. The van der Waals surface area contributed by atoms with Gasteiger partial charge in [0, 0.05) is 22.8 Å². The summed E-state index contributed by atoms with van der Waals surface area (Å²) in [6.45, 7) is 1.39. The summed E-state index contributed by atoms with van der Waals surface area (Å²) in [6.07, 6.45) is -0.0606. The van der Waals surface area contributed by atoms with Crippen LogP contribution in [0.25, 0.3) is 0 Å². The number of para-hydroxylation sites is 1. The van der Waals surface area contributed by atoms with Crippen molar-refractivity contribution in [3.63, 3.8) is 0 Å². The molecule has 1 aromatic carbocycles. The van der Waals surface area contributed by atoms with Crippen molar-refractivity contribution in [3.05, 3.63) is 30.3 Å².